The normalized spacial score (nSPS) is 18.8. The molecule has 5 heteroatoms. The molecule has 1 fully saturated rings. The van der Waals surface area contributed by atoms with E-state index < -0.39 is 10.0 Å². The van der Waals surface area contributed by atoms with Crippen molar-refractivity contribution in [2.45, 2.75) is 39.5 Å². The first kappa shape index (κ1) is 14.9. The van der Waals surface area contributed by atoms with E-state index in [0.717, 1.165) is 38.8 Å². The lowest BCUT2D eigenvalue weighted by Gasteiger charge is -2.24. The van der Waals surface area contributed by atoms with Crippen molar-refractivity contribution in [3.63, 3.8) is 0 Å². The van der Waals surface area contributed by atoms with Crippen molar-refractivity contribution in [1.29, 1.82) is 0 Å². The number of nitrogens with one attached hydrogen (secondary N) is 1. The molecule has 0 aromatic heterocycles. The van der Waals surface area contributed by atoms with Crippen LogP contribution in [0, 0.1) is 5.92 Å². The van der Waals surface area contributed by atoms with E-state index >= 15 is 0 Å². The zero-order valence-corrected chi connectivity index (χ0v) is 11.9. The Balaban J connectivity index is 2.41. The lowest BCUT2D eigenvalue weighted by Crippen LogP contribution is -2.35. The Bertz CT molecular complexity index is 298. The smallest absolute Gasteiger partial charge is 0.214 e. The van der Waals surface area contributed by atoms with Crippen molar-refractivity contribution >= 4 is 10.0 Å². The van der Waals surface area contributed by atoms with Gasteiger partial charge in [0.2, 0.25) is 10.0 Å². The maximum absolute atomic E-state index is 12.1. The van der Waals surface area contributed by atoms with Crippen LogP contribution in [0.1, 0.15) is 39.5 Å². The summed E-state index contributed by atoms with van der Waals surface area (Å²) in [4.78, 5) is 0. The summed E-state index contributed by atoms with van der Waals surface area (Å²) < 4.78 is 25.8. The predicted octanol–water partition coefficient (Wildman–Crippen LogP) is 1.44. The molecule has 1 aliphatic heterocycles. The van der Waals surface area contributed by atoms with Crippen molar-refractivity contribution < 1.29 is 8.42 Å². The molecule has 1 N–H and O–H groups in total. The number of nitrogens with zero attached hydrogens (tertiary/aromatic N) is 1. The molecule has 0 bridgehead atoms. The molecule has 0 saturated carbocycles. The molecule has 0 radical (unpaired) electrons. The molecule has 1 rings (SSSR count). The van der Waals surface area contributed by atoms with Gasteiger partial charge in [0.15, 0.2) is 0 Å². The highest BCUT2D eigenvalue weighted by molar-refractivity contribution is 7.89. The molecule has 1 heterocycles. The zero-order valence-electron chi connectivity index (χ0n) is 11.1. The fourth-order valence-electron chi connectivity index (χ4n) is 2.36. The minimum Gasteiger partial charge on any atom is -0.317 e. The second-order valence-corrected chi connectivity index (χ2v) is 6.88. The summed E-state index contributed by atoms with van der Waals surface area (Å²) >= 11 is 0. The Morgan fingerprint density at radius 1 is 1.24 bits per heavy atom. The highest BCUT2D eigenvalue weighted by atomic mass is 32.2. The fourth-order valence-corrected chi connectivity index (χ4v) is 4.10. The van der Waals surface area contributed by atoms with Gasteiger partial charge in [-0.1, -0.05) is 13.8 Å². The highest BCUT2D eigenvalue weighted by Crippen LogP contribution is 2.18. The average Bonchev–Trinajstić information content (AvgIpc) is 2.34. The van der Waals surface area contributed by atoms with Gasteiger partial charge >= 0.3 is 0 Å². The number of piperidine rings is 1. The van der Waals surface area contributed by atoms with Crippen molar-refractivity contribution in [2.24, 2.45) is 5.92 Å². The van der Waals surface area contributed by atoms with Gasteiger partial charge in [-0.05, 0) is 44.7 Å². The van der Waals surface area contributed by atoms with E-state index in [2.05, 4.69) is 5.32 Å². The van der Waals surface area contributed by atoms with Crippen LogP contribution >= 0.6 is 0 Å². The van der Waals surface area contributed by atoms with E-state index in [4.69, 9.17) is 0 Å². The summed E-state index contributed by atoms with van der Waals surface area (Å²) in [6, 6.07) is 0. The monoisotopic (exact) mass is 262 g/mol. The summed E-state index contributed by atoms with van der Waals surface area (Å²) in [5.74, 6) is 0.914. The largest absolute Gasteiger partial charge is 0.317 e. The van der Waals surface area contributed by atoms with Gasteiger partial charge < -0.3 is 5.32 Å². The van der Waals surface area contributed by atoms with Crippen molar-refractivity contribution in [3.05, 3.63) is 0 Å². The molecule has 0 amide bonds. The molecule has 4 nitrogen and oxygen atoms in total. The lowest BCUT2D eigenvalue weighted by molar-refractivity contribution is 0.360. The van der Waals surface area contributed by atoms with Crippen molar-refractivity contribution in [1.82, 2.24) is 9.62 Å². The molecule has 17 heavy (non-hydrogen) atoms. The molecule has 0 spiro atoms. The summed E-state index contributed by atoms with van der Waals surface area (Å²) in [7, 11) is -3.02. The Morgan fingerprint density at radius 3 is 2.41 bits per heavy atom. The van der Waals surface area contributed by atoms with Crippen molar-refractivity contribution in [3.8, 4) is 0 Å². The van der Waals surface area contributed by atoms with Crippen molar-refractivity contribution in [2.75, 3.05) is 31.9 Å². The topological polar surface area (TPSA) is 49.4 Å². The Kier molecular flexibility index (Phi) is 6.44. The molecule has 102 valence electrons. The van der Waals surface area contributed by atoms with E-state index in [1.165, 1.54) is 0 Å². The second-order valence-electron chi connectivity index (χ2n) is 4.79. The van der Waals surface area contributed by atoms with E-state index in [1.807, 2.05) is 13.8 Å². The maximum Gasteiger partial charge on any atom is 0.214 e. The first-order chi connectivity index (χ1) is 8.10. The van der Waals surface area contributed by atoms with Crippen LogP contribution in [0.25, 0.3) is 0 Å². The van der Waals surface area contributed by atoms with Gasteiger partial charge in [-0.2, -0.15) is 0 Å². The second kappa shape index (κ2) is 7.34. The summed E-state index contributed by atoms with van der Waals surface area (Å²) in [6.07, 6.45) is 3.95. The highest BCUT2D eigenvalue weighted by Gasteiger charge is 2.22. The van der Waals surface area contributed by atoms with E-state index in [1.54, 1.807) is 4.31 Å². The molecule has 0 aromatic rings. The van der Waals surface area contributed by atoms with Crippen LogP contribution in [0.2, 0.25) is 0 Å². The molecule has 0 unspecified atom stereocenters. The van der Waals surface area contributed by atoms with Crippen LogP contribution in [0.3, 0.4) is 0 Å². The number of sulfonamides is 1. The third-order valence-corrected chi connectivity index (χ3v) is 5.44. The summed E-state index contributed by atoms with van der Waals surface area (Å²) in [5.41, 5.74) is 0. The number of rotatable bonds is 7. The van der Waals surface area contributed by atoms with Gasteiger partial charge in [-0.15, -0.1) is 0 Å². The van der Waals surface area contributed by atoms with Crippen LogP contribution in [-0.4, -0.2) is 44.7 Å². The van der Waals surface area contributed by atoms with E-state index in [-0.39, 0.29) is 0 Å². The Morgan fingerprint density at radius 2 is 1.88 bits per heavy atom. The standard InChI is InChI=1S/C12H26N2O2S/c1-3-10-14(4-2)17(15,16)11-7-12-5-8-13-9-6-12/h12-13H,3-11H2,1-2H3. The van der Waals surface area contributed by atoms with Crippen LogP contribution in [0.5, 0.6) is 0 Å². The number of hydrogen-bond donors (Lipinski definition) is 1. The minimum atomic E-state index is -3.02. The summed E-state index contributed by atoms with van der Waals surface area (Å²) in [6.45, 7) is 7.27. The SMILES string of the molecule is CCCN(CC)S(=O)(=O)CCC1CCNCC1. The first-order valence-electron chi connectivity index (χ1n) is 6.78. The summed E-state index contributed by atoms with van der Waals surface area (Å²) in [5, 5.41) is 3.31. The van der Waals surface area contributed by atoms with Gasteiger partial charge in [0.05, 0.1) is 5.75 Å². The predicted molar refractivity (Wildman–Crippen MR) is 71.5 cm³/mol. The van der Waals surface area contributed by atoms with E-state index in [9.17, 15) is 8.42 Å². The third kappa shape index (κ3) is 4.94. The fraction of sp³-hybridized carbons (Fsp3) is 1.00. The quantitative estimate of drug-likeness (QED) is 0.755. The zero-order chi connectivity index (χ0) is 12.7. The van der Waals surface area contributed by atoms with Crippen LogP contribution in [0.15, 0.2) is 0 Å². The molecule has 0 atom stereocenters. The average molecular weight is 262 g/mol. The molecule has 0 aliphatic carbocycles. The maximum atomic E-state index is 12.1. The van der Waals surface area contributed by atoms with Gasteiger partial charge in [-0.25, -0.2) is 12.7 Å². The van der Waals surface area contributed by atoms with Gasteiger partial charge in [0, 0.05) is 13.1 Å². The molecule has 1 aliphatic rings. The Labute approximate surface area is 106 Å². The molecule has 1 saturated heterocycles. The van der Waals surface area contributed by atoms with E-state index in [0.29, 0.717) is 24.8 Å². The van der Waals surface area contributed by atoms with Gasteiger partial charge in [0.25, 0.3) is 0 Å². The van der Waals surface area contributed by atoms with Gasteiger partial charge in [0.1, 0.15) is 0 Å². The molecular formula is C12H26N2O2S. The molecule has 0 aromatic carbocycles. The van der Waals surface area contributed by atoms with Crippen LogP contribution < -0.4 is 5.32 Å². The number of hydrogen-bond acceptors (Lipinski definition) is 3. The first-order valence-corrected chi connectivity index (χ1v) is 8.39. The van der Waals surface area contributed by atoms with Gasteiger partial charge in [-0.3, -0.25) is 0 Å². The third-order valence-electron chi connectivity index (χ3n) is 3.46. The van der Waals surface area contributed by atoms with Crippen LogP contribution in [0.4, 0.5) is 0 Å². The minimum absolute atomic E-state index is 0.325. The lowest BCUT2D eigenvalue weighted by atomic mass is 9.96. The Hall–Kier alpha value is -0.130. The molecular weight excluding hydrogens is 236 g/mol. The van der Waals surface area contributed by atoms with Crippen LogP contribution in [-0.2, 0) is 10.0 Å².